The Balaban J connectivity index is 4.77. The molecule has 0 aromatic rings. The minimum atomic E-state index is -5.93. The van der Waals surface area contributed by atoms with Crippen LogP contribution in [-0.4, -0.2) is 24.0 Å². The molecule has 0 amide bonds. The van der Waals surface area contributed by atoms with Crippen molar-refractivity contribution in [3.8, 4) is 0 Å². The number of alkyl halides is 7. The molecular formula is C6H5ClF6O. The first-order valence-corrected chi connectivity index (χ1v) is 3.51. The van der Waals surface area contributed by atoms with E-state index in [-0.39, 0.29) is 0 Å². The minimum absolute atomic E-state index is 0.733. The minimum Gasteiger partial charge on any atom is -0.312 e. The van der Waals surface area contributed by atoms with E-state index in [9.17, 15) is 26.3 Å². The fraction of sp³-hybridized carbons (Fsp3) is 0.667. The molecule has 84 valence electrons. The van der Waals surface area contributed by atoms with E-state index >= 15 is 0 Å². The summed E-state index contributed by atoms with van der Waals surface area (Å²) in [6, 6.07) is 0. The van der Waals surface area contributed by atoms with E-state index in [0.29, 0.717) is 0 Å². The third-order valence-corrected chi connectivity index (χ3v) is 1.54. The van der Waals surface area contributed by atoms with Gasteiger partial charge in [-0.3, -0.25) is 0 Å². The van der Waals surface area contributed by atoms with E-state index in [4.69, 9.17) is 0 Å². The first-order valence-electron chi connectivity index (χ1n) is 3.13. The number of ether oxygens (including phenoxy) is 1. The predicted octanol–water partition coefficient (Wildman–Crippen LogP) is 3.25. The zero-order valence-corrected chi connectivity index (χ0v) is 7.30. The molecule has 0 heterocycles. The highest BCUT2D eigenvalue weighted by Crippen LogP contribution is 2.48. The summed E-state index contributed by atoms with van der Waals surface area (Å²) in [7, 11) is 0. The van der Waals surface area contributed by atoms with Gasteiger partial charge in [0.05, 0.1) is 6.61 Å². The molecule has 0 fully saturated rings. The van der Waals surface area contributed by atoms with Crippen molar-refractivity contribution in [1.82, 2.24) is 0 Å². The molecule has 1 unspecified atom stereocenters. The van der Waals surface area contributed by atoms with Crippen LogP contribution in [0.2, 0.25) is 0 Å². The van der Waals surface area contributed by atoms with Gasteiger partial charge in [0.15, 0.2) is 0 Å². The van der Waals surface area contributed by atoms with E-state index in [1.807, 2.05) is 0 Å². The second-order valence-corrected chi connectivity index (χ2v) is 2.71. The number of rotatable bonds is 4. The summed E-state index contributed by atoms with van der Waals surface area (Å²) < 4.78 is 75.5. The molecule has 1 nitrogen and oxygen atoms in total. The number of hydrogen-bond donors (Lipinski definition) is 0. The van der Waals surface area contributed by atoms with Crippen molar-refractivity contribution in [3.63, 3.8) is 0 Å². The molecule has 0 N–H and O–H groups in total. The van der Waals surface area contributed by atoms with Crippen LogP contribution >= 0.6 is 11.6 Å². The van der Waals surface area contributed by atoms with Crippen LogP contribution in [0.1, 0.15) is 0 Å². The summed E-state index contributed by atoms with van der Waals surface area (Å²) in [6.45, 7) is 1.95. The normalized spacial score (nSPS) is 17.6. The first kappa shape index (κ1) is 13.6. The Labute approximate surface area is 80.3 Å². The maximum atomic E-state index is 12.4. The Morgan fingerprint density at radius 2 is 1.57 bits per heavy atom. The van der Waals surface area contributed by atoms with Gasteiger partial charge < -0.3 is 4.74 Å². The average molecular weight is 243 g/mol. The van der Waals surface area contributed by atoms with Gasteiger partial charge in [-0.1, -0.05) is 17.7 Å². The molecule has 0 rings (SSSR count). The molecule has 0 radical (unpaired) electrons. The summed E-state index contributed by atoms with van der Waals surface area (Å²) in [5.74, 6) is 0. The standard InChI is InChI=1S/C6H5ClF6O/c1-2-3-14-6(12,13)4(7,8)5(9,10)11/h2H,1,3H2. The Hall–Kier alpha value is -0.430. The van der Waals surface area contributed by atoms with Crippen LogP contribution in [0.15, 0.2) is 12.7 Å². The average Bonchev–Trinajstić information content (AvgIpc) is 1.98. The predicted molar refractivity (Wildman–Crippen MR) is 36.8 cm³/mol. The first-order chi connectivity index (χ1) is 6.06. The molecule has 1 atom stereocenters. The van der Waals surface area contributed by atoms with Crippen LogP contribution in [0.4, 0.5) is 26.3 Å². The van der Waals surface area contributed by atoms with Gasteiger partial charge >= 0.3 is 17.4 Å². The molecule has 0 bridgehead atoms. The fourth-order valence-electron chi connectivity index (χ4n) is 0.419. The molecule has 14 heavy (non-hydrogen) atoms. The van der Waals surface area contributed by atoms with Crippen molar-refractivity contribution < 1.29 is 31.1 Å². The van der Waals surface area contributed by atoms with Crippen LogP contribution in [0.25, 0.3) is 0 Å². The molecule has 0 aromatic carbocycles. The van der Waals surface area contributed by atoms with E-state index in [0.717, 1.165) is 6.08 Å². The lowest BCUT2D eigenvalue weighted by atomic mass is 10.3. The van der Waals surface area contributed by atoms with Crippen molar-refractivity contribution in [2.45, 2.75) is 17.4 Å². The quantitative estimate of drug-likeness (QED) is 0.418. The third-order valence-electron chi connectivity index (χ3n) is 1.10. The Bertz CT molecular complexity index is 211. The Morgan fingerprint density at radius 3 is 1.86 bits per heavy atom. The lowest BCUT2D eigenvalue weighted by Gasteiger charge is -2.28. The molecule has 0 saturated carbocycles. The summed E-state index contributed by atoms with van der Waals surface area (Å²) in [6.07, 6.45) is -10.4. The van der Waals surface area contributed by atoms with Crippen LogP contribution in [-0.2, 0) is 4.74 Å². The molecule has 0 saturated heterocycles. The monoisotopic (exact) mass is 242 g/mol. The van der Waals surface area contributed by atoms with Gasteiger partial charge in [-0.05, 0) is 0 Å². The van der Waals surface area contributed by atoms with Gasteiger partial charge in [-0.15, -0.1) is 6.58 Å². The molecule has 0 aliphatic heterocycles. The fourth-order valence-corrected chi connectivity index (χ4v) is 0.474. The highest BCUT2D eigenvalue weighted by Gasteiger charge is 2.72. The van der Waals surface area contributed by atoms with Crippen molar-refractivity contribution in [2.75, 3.05) is 6.61 Å². The van der Waals surface area contributed by atoms with Gasteiger partial charge in [0, 0.05) is 0 Å². The molecule has 0 aliphatic carbocycles. The smallest absolute Gasteiger partial charge is 0.312 e. The maximum absolute atomic E-state index is 12.4. The molecular weight excluding hydrogens is 238 g/mol. The van der Waals surface area contributed by atoms with Crippen LogP contribution in [0.5, 0.6) is 0 Å². The van der Waals surface area contributed by atoms with Crippen molar-refractivity contribution in [2.24, 2.45) is 0 Å². The van der Waals surface area contributed by atoms with Gasteiger partial charge in [0.1, 0.15) is 0 Å². The van der Waals surface area contributed by atoms with E-state index in [2.05, 4.69) is 22.9 Å². The second-order valence-electron chi connectivity index (χ2n) is 2.19. The van der Waals surface area contributed by atoms with E-state index in [1.165, 1.54) is 0 Å². The maximum Gasteiger partial charge on any atom is 0.446 e. The second kappa shape index (κ2) is 3.98. The SMILES string of the molecule is C=CCOC(F)(F)C(F)(Cl)C(F)(F)F. The number of halogens is 7. The van der Waals surface area contributed by atoms with Gasteiger partial charge in [-0.25, -0.2) is 4.39 Å². The summed E-state index contributed by atoms with van der Waals surface area (Å²) >= 11 is 4.04. The third kappa shape index (κ3) is 2.54. The summed E-state index contributed by atoms with van der Waals surface area (Å²) in [4.78, 5) is 0. The summed E-state index contributed by atoms with van der Waals surface area (Å²) in [5, 5.41) is -5.25. The van der Waals surface area contributed by atoms with Crippen molar-refractivity contribution in [3.05, 3.63) is 12.7 Å². The molecule has 0 aromatic heterocycles. The number of hydrogen-bond acceptors (Lipinski definition) is 1. The lowest BCUT2D eigenvalue weighted by Crippen LogP contribution is -2.52. The van der Waals surface area contributed by atoms with Crippen LogP contribution in [0.3, 0.4) is 0 Å². The Kier molecular flexibility index (Phi) is 3.85. The van der Waals surface area contributed by atoms with Crippen LogP contribution < -0.4 is 0 Å². The molecule has 0 spiro atoms. The molecule has 8 heteroatoms. The van der Waals surface area contributed by atoms with Crippen molar-refractivity contribution in [1.29, 1.82) is 0 Å². The highest BCUT2D eigenvalue weighted by atomic mass is 35.5. The van der Waals surface area contributed by atoms with E-state index < -0.39 is 24.0 Å². The van der Waals surface area contributed by atoms with Gasteiger partial charge in [0.2, 0.25) is 0 Å². The van der Waals surface area contributed by atoms with Gasteiger partial charge in [0.25, 0.3) is 0 Å². The van der Waals surface area contributed by atoms with Gasteiger partial charge in [-0.2, -0.15) is 22.0 Å². The highest BCUT2D eigenvalue weighted by molar-refractivity contribution is 6.24. The summed E-state index contributed by atoms with van der Waals surface area (Å²) in [5.41, 5.74) is 0. The zero-order chi connectivity index (χ0) is 11.6. The van der Waals surface area contributed by atoms with E-state index in [1.54, 1.807) is 0 Å². The largest absolute Gasteiger partial charge is 0.446 e. The molecule has 0 aliphatic rings. The topological polar surface area (TPSA) is 9.23 Å². The lowest BCUT2D eigenvalue weighted by molar-refractivity contribution is -0.350. The zero-order valence-electron chi connectivity index (χ0n) is 6.55. The Morgan fingerprint density at radius 1 is 1.14 bits per heavy atom. The van der Waals surface area contributed by atoms with Crippen LogP contribution in [0, 0.1) is 0 Å². The van der Waals surface area contributed by atoms with Crippen molar-refractivity contribution >= 4 is 11.6 Å².